The van der Waals surface area contributed by atoms with Crippen molar-refractivity contribution in [1.82, 2.24) is 5.32 Å². The Labute approximate surface area is 180 Å². The summed E-state index contributed by atoms with van der Waals surface area (Å²) in [4.78, 5) is 12.2. The van der Waals surface area contributed by atoms with Gasteiger partial charge in [-0.1, -0.05) is 58.0 Å². The summed E-state index contributed by atoms with van der Waals surface area (Å²) in [5, 5.41) is 6.25. The van der Waals surface area contributed by atoms with Crippen molar-refractivity contribution >= 4 is 28.9 Å². The molecule has 0 atom stereocenters. The number of ether oxygens (including phenoxy) is 1. The minimum atomic E-state index is -0.110. The summed E-state index contributed by atoms with van der Waals surface area (Å²) in [5.74, 6) is 0.711. The average Bonchev–Trinajstić information content (AvgIpc) is 2.66. The van der Waals surface area contributed by atoms with Gasteiger partial charge in [-0.25, -0.2) is 0 Å². The van der Waals surface area contributed by atoms with Crippen molar-refractivity contribution < 1.29 is 9.53 Å². The Kier molecular flexibility index (Phi) is 8.21. The second-order valence-electron chi connectivity index (χ2n) is 8.19. The molecule has 0 aromatic heterocycles. The highest BCUT2D eigenvalue weighted by Crippen LogP contribution is 2.24. The van der Waals surface area contributed by atoms with E-state index < -0.39 is 0 Å². The summed E-state index contributed by atoms with van der Waals surface area (Å²) in [6.45, 7) is 11.2. The van der Waals surface area contributed by atoms with Gasteiger partial charge < -0.3 is 15.4 Å². The molecule has 156 valence electrons. The van der Waals surface area contributed by atoms with Gasteiger partial charge in [0.05, 0.1) is 6.61 Å². The number of nitrogens with one attached hydrogen (secondary N) is 2. The number of hydrogen-bond donors (Lipinski definition) is 2. The molecule has 29 heavy (non-hydrogen) atoms. The van der Waals surface area contributed by atoms with Crippen molar-refractivity contribution in [3.05, 3.63) is 59.2 Å². The first-order valence-electron chi connectivity index (χ1n) is 10.1. The third-order valence-corrected chi connectivity index (χ3v) is 4.97. The summed E-state index contributed by atoms with van der Waals surface area (Å²) in [5.41, 5.74) is 4.64. The van der Waals surface area contributed by atoms with E-state index in [0.717, 1.165) is 23.4 Å². The maximum Gasteiger partial charge on any atom is 0.226 e. The summed E-state index contributed by atoms with van der Waals surface area (Å²) >= 11 is 5.30. The van der Waals surface area contributed by atoms with E-state index in [-0.39, 0.29) is 11.3 Å². The van der Waals surface area contributed by atoms with Gasteiger partial charge in [0.25, 0.3) is 0 Å². The molecular formula is C24H32N2O2S. The lowest BCUT2D eigenvalue weighted by atomic mass is 9.87. The molecule has 0 aliphatic heterocycles. The summed E-state index contributed by atoms with van der Waals surface area (Å²) in [7, 11) is 0. The Morgan fingerprint density at radius 3 is 2.41 bits per heavy atom. The van der Waals surface area contributed by atoms with E-state index in [4.69, 9.17) is 17.0 Å². The highest BCUT2D eigenvalue weighted by Gasteiger charge is 2.13. The lowest BCUT2D eigenvalue weighted by Gasteiger charge is -2.19. The largest absolute Gasteiger partial charge is 0.494 e. The first-order valence-corrected chi connectivity index (χ1v) is 10.5. The number of hydrogen-bond acceptors (Lipinski definition) is 3. The van der Waals surface area contributed by atoms with Crippen LogP contribution in [0, 0.1) is 6.92 Å². The fraction of sp³-hybridized carbons (Fsp3) is 0.417. The second-order valence-corrected chi connectivity index (χ2v) is 8.60. The molecule has 0 bridgehead atoms. The third-order valence-electron chi connectivity index (χ3n) is 4.77. The van der Waals surface area contributed by atoms with Gasteiger partial charge in [-0.3, -0.25) is 4.79 Å². The summed E-state index contributed by atoms with van der Waals surface area (Å²) in [6, 6.07) is 14.2. The second kappa shape index (κ2) is 10.4. The molecule has 1 amide bonds. The van der Waals surface area contributed by atoms with Gasteiger partial charge in [0.15, 0.2) is 5.11 Å². The summed E-state index contributed by atoms with van der Waals surface area (Å²) in [6.07, 6.45) is 1.88. The predicted octanol–water partition coefficient (Wildman–Crippen LogP) is 5.53. The lowest BCUT2D eigenvalue weighted by Crippen LogP contribution is -2.34. The van der Waals surface area contributed by atoms with E-state index in [1.54, 1.807) is 0 Å². The van der Waals surface area contributed by atoms with Crippen molar-refractivity contribution in [3.63, 3.8) is 0 Å². The zero-order valence-electron chi connectivity index (χ0n) is 18.1. The highest BCUT2D eigenvalue weighted by atomic mass is 32.1. The van der Waals surface area contributed by atoms with Crippen LogP contribution in [0.5, 0.6) is 5.75 Å². The number of aryl methyl sites for hydroxylation is 2. The molecule has 2 aromatic carbocycles. The molecular weight excluding hydrogens is 380 g/mol. The van der Waals surface area contributed by atoms with Crippen molar-refractivity contribution in [2.24, 2.45) is 0 Å². The number of rotatable bonds is 7. The van der Waals surface area contributed by atoms with Gasteiger partial charge in [-0.2, -0.15) is 0 Å². The molecule has 0 unspecified atom stereocenters. The van der Waals surface area contributed by atoms with Crippen LogP contribution in [0.25, 0.3) is 0 Å². The number of amides is 1. The third kappa shape index (κ3) is 7.17. The molecule has 4 nitrogen and oxygen atoms in total. The van der Waals surface area contributed by atoms with Crippen LogP contribution in [0.15, 0.2) is 42.5 Å². The molecule has 0 saturated carbocycles. The van der Waals surface area contributed by atoms with Gasteiger partial charge in [0, 0.05) is 12.1 Å². The van der Waals surface area contributed by atoms with E-state index in [0.29, 0.717) is 24.6 Å². The standard InChI is InChI=1S/C24H32N2O2S/c1-6-18-10-7-9-17(2)22(18)26-23(29)25-21(27)11-8-16-28-20-14-12-19(13-15-20)24(3,4)5/h7,9-10,12-15H,6,8,11,16H2,1-5H3,(H2,25,26,27,29). The Hall–Kier alpha value is -2.40. The number of para-hydroxylation sites is 1. The SMILES string of the molecule is CCc1cccc(C)c1NC(=S)NC(=O)CCCOc1ccc(C(C)(C)C)cc1. The van der Waals surface area contributed by atoms with Crippen molar-refractivity contribution in [3.8, 4) is 5.75 Å². The minimum absolute atomic E-state index is 0.110. The number of anilines is 1. The molecule has 5 heteroatoms. The fourth-order valence-corrected chi connectivity index (χ4v) is 3.23. The molecule has 2 aromatic rings. The van der Waals surface area contributed by atoms with Gasteiger partial charge in [-0.05, 0) is 66.2 Å². The minimum Gasteiger partial charge on any atom is -0.494 e. The zero-order chi connectivity index (χ0) is 21.4. The van der Waals surface area contributed by atoms with Crippen LogP contribution >= 0.6 is 12.2 Å². The van der Waals surface area contributed by atoms with E-state index >= 15 is 0 Å². The monoisotopic (exact) mass is 412 g/mol. The average molecular weight is 413 g/mol. The van der Waals surface area contributed by atoms with Crippen molar-refractivity contribution in [2.75, 3.05) is 11.9 Å². The van der Waals surface area contributed by atoms with E-state index in [2.05, 4.69) is 56.5 Å². The highest BCUT2D eigenvalue weighted by molar-refractivity contribution is 7.80. The van der Waals surface area contributed by atoms with Crippen LogP contribution in [0.1, 0.15) is 57.2 Å². The van der Waals surface area contributed by atoms with Gasteiger partial charge >= 0.3 is 0 Å². The van der Waals surface area contributed by atoms with Crippen LogP contribution in [-0.4, -0.2) is 17.6 Å². The van der Waals surface area contributed by atoms with Gasteiger partial charge in [0.2, 0.25) is 5.91 Å². The molecule has 0 aliphatic rings. The predicted molar refractivity (Wildman–Crippen MR) is 125 cm³/mol. The number of carbonyl (C=O) groups is 1. The van der Waals surface area contributed by atoms with E-state index in [1.807, 2.05) is 31.2 Å². The molecule has 0 spiro atoms. The van der Waals surface area contributed by atoms with Crippen LogP contribution in [0.3, 0.4) is 0 Å². The molecule has 2 rings (SSSR count). The van der Waals surface area contributed by atoms with E-state index in [9.17, 15) is 4.79 Å². The molecule has 0 heterocycles. The summed E-state index contributed by atoms with van der Waals surface area (Å²) < 4.78 is 5.74. The van der Waals surface area contributed by atoms with Crippen LogP contribution in [-0.2, 0) is 16.6 Å². The maximum atomic E-state index is 12.2. The Morgan fingerprint density at radius 1 is 1.10 bits per heavy atom. The quantitative estimate of drug-likeness (QED) is 0.464. The maximum absolute atomic E-state index is 12.2. The number of benzene rings is 2. The molecule has 0 radical (unpaired) electrons. The first kappa shape index (κ1) is 22.9. The number of carbonyl (C=O) groups excluding carboxylic acids is 1. The Bertz CT molecular complexity index is 839. The Balaban J connectivity index is 1.74. The number of thiocarbonyl (C=S) groups is 1. The van der Waals surface area contributed by atoms with Crippen LogP contribution in [0.2, 0.25) is 0 Å². The van der Waals surface area contributed by atoms with Gasteiger partial charge in [-0.15, -0.1) is 0 Å². The van der Waals surface area contributed by atoms with Crippen molar-refractivity contribution in [1.29, 1.82) is 0 Å². The molecule has 0 saturated heterocycles. The lowest BCUT2D eigenvalue weighted by molar-refractivity contribution is -0.119. The molecule has 2 N–H and O–H groups in total. The smallest absolute Gasteiger partial charge is 0.226 e. The molecule has 0 fully saturated rings. The topological polar surface area (TPSA) is 50.4 Å². The van der Waals surface area contributed by atoms with Crippen molar-refractivity contribution in [2.45, 2.75) is 59.3 Å². The fourth-order valence-electron chi connectivity index (χ4n) is 3.01. The Morgan fingerprint density at radius 2 is 1.79 bits per heavy atom. The van der Waals surface area contributed by atoms with Gasteiger partial charge in [0.1, 0.15) is 5.75 Å². The van der Waals surface area contributed by atoms with Crippen LogP contribution < -0.4 is 15.4 Å². The van der Waals surface area contributed by atoms with E-state index in [1.165, 1.54) is 11.1 Å². The zero-order valence-corrected chi connectivity index (χ0v) is 18.9. The van der Waals surface area contributed by atoms with Crippen LogP contribution in [0.4, 0.5) is 5.69 Å². The normalized spacial score (nSPS) is 11.1. The molecule has 0 aliphatic carbocycles. The first-order chi connectivity index (χ1) is 13.7.